The zero-order chi connectivity index (χ0) is 22.1. The highest BCUT2D eigenvalue weighted by Crippen LogP contribution is 2.25. The fourth-order valence-corrected chi connectivity index (χ4v) is 3.95. The molecule has 1 N–H and O–H groups in total. The minimum Gasteiger partial charge on any atom is -0.376 e. The summed E-state index contributed by atoms with van der Waals surface area (Å²) in [7, 11) is 0. The zero-order valence-corrected chi connectivity index (χ0v) is 17.2. The summed E-state index contributed by atoms with van der Waals surface area (Å²) in [6, 6.07) is 14.9. The van der Waals surface area contributed by atoms with Crippen LogP contribution in [0, 0.1) is 5.82 Å². The number of hydrogen-bond acceptors (Lipinski definition) is 4. The number of halogens is 1. The lowest BCUT2D eigenvalue weighted by atomic mass is 10.1. The van der Waals surface area contributed by atoms with E-state index in [1.54, 1.807) is 41.2 Å². The van der Waals surface area contributed by atoms with Crippen LogP contribution in [0.2, 0.25) is 0 Å². The molecule has 0 bridgehead atoms. The van der Waals surface area contributed by atoms with Gasteiger partial charge in [-0.25, -0.2) is 4.39 Å². The molecule has 8 heteroatoms. The van der Waals surface area contributed by atoms with E-state index in [9.17, 15) is 14.0 Å². The normalized spacial score (nSPS) is 15.8. The summed E-state index contributed by atoms with van der Waals surface area (Å²) >= 11 is 0. The average Bonchev–Trinajstić information content (AvgIpc) is 3.43. The summed E-state index contributed by atoms with van der Waals surface area (Å²) in [5.41, 5.74) is 1.09. The Morgan fingerprint density at radius 3 is 2.66 bits per heavy atom. The molecule has 0 unspecified atom stereocenters. The molecule has 0 spiro atoms. The summed E-state index contributed by atoms with van der Waals surface area (Å²) in [6.45, 7) is 1.21. The number of anilines is 1. The van der Waals surface area contributed by atoms with Gasteiger partial charge < -0.3 is 14.6 Å². The first-order valence-corrected chi connectivity index (χ1v) is 10.5. The molecule has 1 saturated heterocycles. The summed E-state index contributed by atoms with van der Waals surface area (Å²) in [5.74, 6) is -1.08. The predicted molar refractivity (Wildman–Crippen MR) is 118 cm³/mol. The largest absolute Gasteiger partial charge is 0.376 e. The van der Waals surface area contributed by atoms with Crippen LogP contribution < -0.4 is 10.9 Å². The van der Waals surface area contributed by atoms with Crippen LogP contribution >= 0.6 is 0 Å². The lowest BCUT2D eigenvalue weighted by Gasteiger charge is -2.16. The molecule has 5 rings (SSSR count). The Bertz CT molecular complexity index is 1290. The Balaban J connectivity index is 1.61. The van der Waals surface area contributed by atoms with Crippen LogP contribution in [0.15, 0.2) is 71.8 Å². The van der Waals surface area contributed by atoms with Gasteiger partial charge in [0.1, 0.15) is 11.5 Å². The molecule has 0 aromatic heterocycles. The molecule has 3 heterocycles. The zero-order valence-electron chi connectivity index (χ0n) is 17.2. The van der Waals surface area contributed by atoms with Crippen LogP contribution in [0.1, 0.15) is 23.2 Å². The van der Waals surface area contributed by atoms with Crippen molar-refractivity contribution in [2.75, 3.05) is 11.9 Å². The second-order valence-corrected chi connectivity index (χ2v) is 7.75. The minimum atomic E-state index is -0.542. The van der Waals surface area contributed by atoms with Gasteiger partial charge in [0.25, 0.3) is 11.5 Å². The first-order chi connectivity index (χ1) is 15.6. The SMILES string of the molecule is O=C(Nc1ccccc1F)c1cn(C[C@@H]2CCCO2)cc2c(=O)n(-c3ccccc3)nc1-2. The number of hydrogen-bond donors (Lipinski definition) is 1. The lowest BCUT2D eigenvalue weighted by Crippen LogP contribution is -2.21. The van der Waals surface area contributed by atoms with E-state index in [4.69, 9.17) is 4.74 Å². The highest BCUT2D eigenvalue weighted by Gasteiger charge is 2.26. The highest BCUT2D eigenvalue weighted by molar-refractivity contribution is 6.08. The molecule has 7 nitrogen and oxygen atoms in total. The van der Waals surface area contributed by atoms with Crippen molar-refractivity contribution in [2.45, 2.75) is 25.5 Å². The minimum absolute atomic E-state index is 0.0131. The van der Waals surface area contributed by atoms with Crippen LogP contribution in [-0.4, -0.2) is 33.0 Å². The van der Waals surface area contributed by atoms with Crippen molar-refractivity contribution < 1.29 is 13.9 Å². The second kappa shape index (κ2) is 8.39. The first kappa shape index (κ1) is 20.1. The fourth-order valence-electron chi connectivity index (χ4n) is 3.95. The Labute approximate surface area is 183 Å². The Morgan fingerprint density at radius 1 is 1.12 bits per heavy atom. The molecule has 0 radical (unpaired) electrons. The number of benzene rings is 2. The molecule has 32 heavy (non-hydrogen) atoms. The number of nitrogens with one attached hydrogen (secondary N) is 1. The Kier molecular flexibility index (Phi) is 5.28. The van der Waals surface area contributed by atoms with Crippen LogP contribution in [0.25, 0.3) is 16.9 Å². The van der Waals surface area contributed by atoms with Gasteiger partial charge in [-0.2, -0.15) is 9.78 Å². The number of amides is 1. The molecule has 2 aromatic carbocycles. The third kappa shape index (κ3) is 3.80. The smallest absolute Gasteiger partial charge is 0.282 e. The van der Waals surface area contributed by atoms with Crippen molar-refractivity contribution in [3.63, 3.8) is 0 Å². The van der Waals surface area contributed by atoms with Crippen molar-refractivity contribution in [3.8, 4) is 16.9 Å². The number of aromatic nitrogens is 3. The first-order valence-electron chi connectivity index (χ1n) is 10.5. The molecule has 2 aromatic rings. The number of carbonyl (C=O) groups excluding carboxylic acids is 1. The molecule has 0 aliphatic carbocycles. The molecule has 3 aliphatic rings. The van der Waals surface area contributed by atoms with E-state index < -0.39 is 11.7 Å². The van der Waals surface area contributed by atoms with E-state index in [2.05, 4.69) is 10.4 Å². The van der Waals surface area contributed by atoms with Crippen LogP contribution in [0.4, 0.5) is 10.1 Å². The van der Waals surface area contributed by atoms with E-state index in [1.165, 1.54) is 16.8 Å². The third-order valence-electron chi connectivity index (χ3n) is 5.53. The Morgan fingerprint density at radius 2 is 1.91 bits per heavy atom. The monoisotopic (exact) mass is 432 g/mol. The standard InChI is InChI=1S/C24H21FN4O3/c25-20-10-4-5-11-21(20)26-23(30)18-14-28(13-17-9-6-12-32-17)15-19-22(18)27-29(24(19)31)16-7-2-1-3-8-16/h1-5,7-8,10-11,14-15,17H,6,9,12-13H2,(H,26,30)/t17-/m0/s1. The van der Waals surface area contributed by atoms with Crippen molar-refractivity contribution in [3.05, 3.63) is 88.7 Å². The highest BCUT2D eigenvalue weighted by atomic mass is 19.1. The van der Waals surface area contributed by atoms with Gasteiger partial charge >= 0.3 is 0 Å². The molecule has 1 atom stereocenters. The van der Waals surface area contributed by atoms with Gasteiger partial charge in [0.05, 0.1) is 28.6 Å². The van der Waals surface area contributed by atoms with E-state index in [1.807, 2.05) is 18.2 Å². The van der Waals surface area contributed by atoms with Crippen LogP contribution in [-0.2, 0) is 11.3 Å². The topological polar surface area (TPSA) is 78.2 Å². The van der Waals surface area contributed by atoms with E-state index in [0.717, 1.165) is 12.8 Å². The second-order valence-electron chi connectivity index (χ2n) is 7.75. The van der Waals surface area contributed by atoms with Crippen LogP contribution in [0.5, 0.6) is 0 Å². The fraction of sp³-hybridized carbons (Fsp3) is 0.208. The van der Waals surface area contributed by atoms with Crippen molar-refractivity contribution in [1.29, 1.82) is 0 Å². The maximum Gasteiger partial charge on any atom is 0.282 e. The maximum atomic E-state index is 14.1. The van der Waals surface area contributed by atoms with Gasteiger partial charge in [0, 0.05) is 25.5 Å². The maximum absolute atomic E-state index is 14.1. The number of pyridine rings is 1. The number of fused-ring (bicyclic) bond motifs is 1. The number of nitrogens with zero attached hydrogens (tertiary/aromatic N) is 3. The molecular formula is C24H21FN4O3. The molecule has 1 fully saturated rings. The molecule has 0 saturated carbocycles. The van der Waals surface area contributed by atoms with Gasteiger partial charge in [-0.05, 0) is 37.1 Å². The van der Waals surface area contributed by atoms with Crippen molar-refractivity contribution in [2.24, 2.45) is 0 Å². The average molecular weight is 432 g/mol. The molecule has 162 valence electrons. The third-order valence-corrected chi connectivity index (χ3v) is 5.53. The lowest BCUT2D eigenvalue weighted by molar-refractivity contribution is 0.0961. The molecular weight excluding hydrogens is 411 g/mol. The van der Waals surface area contributed by atoms with E-state index >= 15 is 0 Å². The van der Waals surface area contributed by atoms with Gasteiger partial charge in [0.2, 0.25) is 0 Å². The van der Waals surface area contributed by atoms with Gasteiger partial charge in [-0.3, -0.25) is 9.59 Å². The number of rotatable bonds is 5. The van der Waals surface area contributed by atoms with Crippen molar-refractivity contribution >= 4 is 11.6 Å². The quantitative estimate of drug-likeness (QED) is 0.522. The van der Waals surface area contributed by atoms with Crippen molar-refractivity contribution in [1.82, 2.24) is 14.3 Å². The van der Waals surface area contributed by atoms with Gasteiger partial charge in [0.15, 0.2) is 0 Å². The summed E-state index contributed by atoms with van der Waals surface area (Å²) in [6.07, 6.45) is 5.25. The molecule has 3 aliphatic heterocycles. The summed E-state index contributed by atoms with van der Waals surface area (Å²) in [4.78, 5) is 26.3. The molecule has 1 amide bonds. The summed E-state index contributed by atoms with van der Waals surface area (Å²) < 4.78 is 22.9. The van der Waals surface area contributed by atoms with Gasteiger partial charge in [-0.15, -0.1) is 0 Å². The summed E-state index contributed by atoms with van der Waals surface area (Å²) in [5, 5.41) is 7.04. The van der Waals surface area contributed by atoms with Crippen LogP contribution in [0.3, 0.4) is 0 Å². The Hall–Kier alpha value is -3.78. The number of carbonyl (C=O) groups is 1. The van der Waals surface area contributed by atoms with E-state index in [-0.39, 0.29) is 28.6 Å². The van der Waals surface area contributed by atoms with E-state index in [0.29, 0.717) is 24.4 Å². The predicted octanol–water partition coefficient (Wildman–Crippen LogP) is 3.71. The number of ether oxygens (including phenoxy) is 1. The van der Waals surface area contributed by atoms with Gasteiger partial charge in [-0.1, -0.05) is 30.3 Å². The number of para-hydroxylation sites is 2.